The number of anilines is 1. The third-order valence-electron chi connectivity index (χ3n) is 4.31. The summed E-state index contributed by atoms with van der Waals surface area (Å²) in [5.41, 5.74) is 3.08. The van der Waals surface area contributed by atoms with Gasteiger partial charge in [0.15, 0.2) is 0 Å². The summed E-state index contributed by atoms with van der Waals surface area (Å²) >= 11 is 9.06. The van der Waals surface area contributed by atoms with Crippen LogP contribution in [0.2, 0.25) is 4.34 Å². The summed E-state index contributed by atoms with van der Waals surface area (Å²) in [5, 5.41) is 4.74. The Morgan fingerprint density at radius 2 is 1.86 bits per heavy atom. The fourth-order valence-corrected chi connectivity index (χ4v) is 5.23. The lowest BCUT2D eigenvalue weighted by Crippen LogP contribution is -2.11. The van der Waals surface area contributed by atoms with Crippen LogP contribution in [-0.4, -0.2) is 15.9 Å². The molecule has 136 valence electrons. The average Bonchev–Trinajstić information content (AvgIpc) is 3.31. The van der Waals surface area contributed by atoms with Gasteiger partial charge in [-0.3, -0.25) is 9.78 Å². The van der Waals surface area contributed by atoms with Gasteiger partial charge in [0.2, 0.25) is 0 Å². The Bertz CT molecular complexity index is 1300. The Kier molecular flexibility index (Phi) is 4.31. The molecule has 3 aromatic heterocycles. The second-order valence-corrected chi connectivity index (χ2v) is 8.83. The molecule has 5 rings (SSSR count). The highest BCUT2D eigenvalue weighted by Gasteiger charge is 2.20. The van der Waals surface area contributed by atoms with Crippen LogP contribution in [0.15, 0.2) is 66.9 Å². The number of rotatable bonds is 3. The maximum Gasteiger partial charge on any atom is 0.266 e. The fraction of sp³-hybridized carbons (Fsp3) is 0. The van der Waals surface area contributed by atoms with E-state index >= 15 is 0 Å². The van der Waals surface area contributed by atoms with Crippen LogP contribution in [-0.2, 0) is 0 Å². The van der Waals surface area contributed by atoms with Gasteiger partial charge in [-0.05, 0) is 30.3 Å². The zero-order valence-corrected chi connectivity index (χ0v) is 16.7. The number of thiazole rings is 1. The molecule has 0 saturated heterocycles. The van der Waals surface area contributed by atoms with Gasteiger partial charge in [0.05, 0.1) is 25.8 Å². The molecule has 0 aliphatic carbocycles. The van der Waals surface area contributed by atoms with Crippen molar-refractivity contribution in [3.63, 3.8) is 0 Å². The van der Waals surface area contributed by atoms with E-state index in [0.717, 1.165) is 31.7 Å². The number of thiophene rings is 1. The Balaban J connectivity index is 1.55. The van der Waals surface area contributed by atoms with E-state index in [1.54, 1.807) is 23.6 Å². The smallest absolute Gasteiger partial charge is 0.266 e. The van der Waals surface area contributed by atoms with Gasteiger partial charge < -0.3 is 5.32 Å². The number of benzene rings is 2. The van der Waals surface area contributed by atoms with Gasteiger partial charge in [-0.2, -0.15) is 0 Å². The molecule has 0 aliphatic heterocycles. The molecule has 1 amide bonds. The summed E-state index contributed by atoms with van der Waals surface area (Å²) in [6, 6.07) is 19.3. The number of halogens is 1. The summed E-state index contributed by atoms with van der Waals surface area (Å²) in [6.45, 7) is 0. The standard InChI is InChI=1S/C21H12ClN3OS2/c22-17-11-13(21-25-14-7-1-2-9-16(14)27-21)19(28-17)20(26)24-15-8-3-5-12-6-4-10-23-18(12)15/h1-11H,(H,24,26). The normalized spacial score (nSPS) is 11.2. The Hall–Kier alpha value is -2.80. The predicted octanol–water partition coefficient (Wildman–Crippen LogP) is 6.48. The van der Waals surface area contributed by atoms with Gasteiger partial charge >= 0.3 is 0 Å². The molecule has 4 nitrogen and oxygen atoms in total. The predicted molar refractivity (Wildman–Crippen MR) is 118 cm³/mol. The molecule has 0 atom stereocenters. The summed E-state index contributed by atoms with van der Waals surface area (Å²) in [7, 11) is 0. The summed E-state index contributed by atoms with van der Waals surface area (Å²) in [5.74, 6) is -0.218. The topological polar surface area (TPSA) is 54.9 Å². The van der Waals surface area contributed by atoms with E-state index < -0.39 is 0 Å². The quantitative estimate of drug-likeness (QED) is 0.362. The fourth-order valence-electron chi connectivity index (χ4n) is 3.06. The number of pyridine rings is 1. The van der Waals surface area contributed by atoms with E-state index in [2.05, 4.69) is 15.3 Å². The van der Waals surface area contributed by atoms with Crippen molar-refractivity contribution in [2.75, 3.05) is 5.32 Å². The summed E-state index contributed by atoms with van der Waals surface area (Å²) in [4.78, 5) is 22.7. The highest BCUT2D eigenvalue weighted by Crippen LogP contribution is 2.38. The summed E-state index contributed by atoms with van der Waals surface area (Å²) in [6.07, 6.45) is 1.71. The van der Waals surface area contributed by atoms with Crippen LogP contribution in [0, 0.1) is 0 Å². The monoisotopic (exact) mass is 421 g/mol. The lowest BCUT2D eigenvalue weighted by atomic mass is 10.2. The minimum atomic E-state index is -0.218. The van der Waals surface area contributed by atoms with Crippen molar-refractivity contribution in [2.24, 2.45) is 0 Å². The molecule has 0 fully saturated rings. The molecule has 0 bridgehead atoms. The first-order chi connectivity index (χ1) is 13.7. The van der Waals surface area contributed by atoms with Gasteiger partial charge in [-0.15, -0.1) is 22.7 Å². The van der Waals surface area contributed by atoms with Crippen LogP contribution < -0.4 is 5.32 Å². The third kappa shape index (κ3) is 3.05. The molecule has 2 aromatic carbocycles. The number of carbonyl (C=O) groups excluding carboxylic acids is 1. The van der Waals surface area contributed by atoms with Crippen LogP contribution in [0.4, 0.5) is 5.69 Å². The number of nitrogens with one attached hydrogen (secondary N) is 1. The molecule has 0 unspecified atom stereocenters. The highest BCUT2D eigenvalue weighted by molar-refractivity contribution is 7.23. The average molecular weight is 422 g/mol. The van der Waals surface area contributed by atoms with Crippen molar-refractivity contribution < 1.29 is 4.79 Å². The molecular weight excluding hydrogens is 410 g/mol. The molecule has 0 spiro atoms. The van der Waals surface area contributed by atoms with Gasteiger partial charge in [0.25, 0.3) is 5.91 Å². The van der Waals surface area contributed by atoms with E-state index in [1.165, 1.54) is 11.3 Å². The Morgan fingerprint density at radius 1 is 1.00 bits per heavy atom. The van der Waals surface area contributed by atoms with Crippen molar-refractivity contribution in [3.05, 3.63) is 76.1 Å². The van der Waals surface area contributed by atoms with Gasteiger partial charge in [0, 0.05) is 17.1 Å². The Morgan fingerprint density at radius 3 is 2.75 bits per heavy atom. The second kappa shape index (κ2) is 6.98. The van der Waals surface area contributed by atoms with E-state index in [9.17, 15) is 4.79 Å². The molecular formula is C21H12ClN3OS2. The molecule has 0 saturated carbocycles. The van der Waals surface area contributed by atoms with Crippen LogP contribution in [0.3, 0.4) is 0 Å². The first-order valence-electron chi connectivity index (χ1n) is 8.49. The lowest BCUT2D eigenvalue weighted by Gasteiger charge is -2.07. The van der Waals surface area contributed by atoms with Crippen molar-refractivity contribution >= 4 is 67.0 Å². The number of para-hydroxylation sites is 2. The van der Waals surface area contributed by atoms with Crippen molar-refractivity contribution in [1.29, 1.82) is 0 Å². The SMILES string of the molecule is O=C(Nc1cccc2cccnc12)c1sc(Cl)cc1-c1nc2ccccc2s1. The number of hydrogen-bond donors (Lipinski definition) is 1. The third-order valence-corrected chi connectivity index (χ3v) is 6.65. The maximum atomic E-state index is 13.1. The largest absolute Gasteiger partial charge is 0.319 e. The van der Waals surface area contributed by atoms with Crippen LogP contribution in [0.5, 0.6) is 0 Å². The van der Waals surface area contributed by atoms with Crippen LogP contribution in [0.25, 0.3) is 31.7 Å². The molecule has 0 radical (unpaired) electrons. The molecule has 3 heterocycles. The van der Waals surface area contributed by atoms with E-state index in [-0.39, 0.29) is 5.91 Å². The van der Waals surface area contributed by atoms with E-state index in [0.29, 0.717) is 14.9 Å². The number of aromatic nitrogens is 2. The van der Waals surface area contributed by atoms with Gasteiger partial charge in [0.1, 0.15) is 9.88 Å². The number of nitrogens with zero attached hydrogens (tertiary/aromatic N) is 2. The minimum absolute atomic E-state index is 0.218. The maximum absolute atomic E-state index is 13.1. The molecule has 28 heavy (non-hydrogen) atoms. The molecule has 7 heteroatoms. The molecule has 0 aliphatic rings. The number of hydrogen-bond acceptors (Lipinski definition) is 5. The van der Waals surface area contributed by atoms with E-state index in [4.69, 9.17) is 11.6 Å². The van der Waals surface area contributed by atoms with Crippen molar-refractivity contribution in [3.8, 4) is 10.6 Å². The summed E-state index contributed by atoms with van der Waals surface area (Å²) < 4.78 is 1.62. The zero-order valence-electron chi connectivity index (χ0n) is 14.3. The second-order valence-electron chi connectivity index (χ2n) is 6.11. The number of carbonyl (C=O) groups is 1. The minimum Gasteiger partial charge on any atom is -0.319 e. The first kappa shape index (κ1) is 17.3. The highest BCUT2D eigenvalue weighted by atomic mass is 35.5. The van der Waals surface area contributed by atoms with Crippen molar-refractivity contribution in [2.45, 2.75) is 0 Å². The van der Waals surface area contributed by atoms with Crippen LogP contribution in [0.1, 0.15) is 9.67 Å². The molecule has 1 N–H and O–H groups in total. The zero-order chi connectivity index (χ0) is 19.1. The van der Waals surface area contributed by atoms with Crippen LogP contribution >= 0.6 is 34.3 Å². The molecule has 5 aromatic rings. The van der Waals surface area contributed by atoms with Gasteiger partial charge in [-0.1, -0.05) is 41.9 Å². The number of fused-ring (bicyclic) bond motifs is 2. The van der Waals surface area contributed by atoms with E-state index in [1.807, 2.05) is 54.6 Å². The van der Waals surface area contributed by atoms with Gasteiger partial charge in [-0.25, -0.2) is 4.98 Å². The van der Waals surface area contributed by atoms with Crippen molar-refractivity contribution in [1.82, 2.24) is 9.97 Å². The Labute approximate surface area is 173 Å². The first-order valence-corrected chi connectivity index (χ1v) is 10.5. The lowest BCUT2D eigenvalue weighted by molar-refractivity contribution is 0.103. The number of amides is 1.